The molecule has 0 aliphatic heterocycles. The number of sulfonamides is 1. The molecule has 23 heavy (non-hydrogen) atoms. The van der Waals surface area contributed by atoms with Crippen LogP contribution in [0.5, 0.6) is 0 Å². The van der Waals surface area contributed by atoms with Crippen molar-refractivity contribution in [3.8, 4) is 0 Å². The monoisotopic (exact) mass is 328 g/mol. The first-order valence-corrected chi connectivity index (χ1v) is 8.35. The van der Waals surface area contributed by atoms with Gasteiger partial charge in [-0.15, -0.1) is 0 Å². The van der Waals surface area contributed by atoms with E-state index < -0.39 is 15.8 Å². The van der Waals surface area contributed by atoms with E-state index in [1.807, 2.05) is 0 Å². The van der Waals surface area contributed by atoms with Gasteiger partial charge in [-0.05, 0) is 48.2 Å². The van der Waals surface area contributed by atoms with Crippen molar-refractivity contribution in [3.63, 3.8) is 0 Å². The predicted octanol–water partition coefficient (Wildman–Crippen LogP) is 3.83. The summed E-state index contributed by atoms with van der Waals surface area (Å²) < 4.78 is 41.2. The third kappa shape index (κ3) is 2.96. The molecule has 0 saturated heterocycles. The zero-order chi connectivity index (χ0) is 16.6. The van der Waals surface area contributed by atoms with Crippen LogP contribution in [0, 0.1) is 12.4 Å². The number of hydrogen-bond acceptors (Lipinski definition) is 2. The molecule has 0 saturated carbocycles. The molecule has 0 aromatic heterocycles. The van der Waals surface area contributed by atoms with Crippen LogP contribution in [-0.2, 0) is 22.9 Å². The Bertz CT molecular complexity index is 959. The zero-order valence-corrected chi connectivity index (χ0v) is 13.0. The second kappa shape index (κ2) is 5.52. The van der Waals surface area contributed by atoms with Gasteiger partial charge in [0, 0.05) is 0 Å². The average molecular weight is 328 g/mol. The third-order valence-electron chi connectivity index (χ3n) is 3.68. The van der Waals surface area contributed by atoms with Gasteiger partial charge in [0.25, 0.3) is 10.0 Å². The molecule has 0 unspecified atom stereocenters. The molecule has 116 valence electrons. The molecular formula is C17H13FN2O2S. The summed E-state index contributed by atoms with van der Waals surface area (Å²) in [6.45, 7) is 10.9. The molecule has 1 aliphatic rings. The number of hydrogen-bond donors (Lipinski definition) is 1. The van der Waals surface area contributed by atoms with E-state index in [0.29, 0.717) is 12.8 Å². The topological polar surface area (TPSA) is 50.5 Å². The van der Waals surface area contributed by atoms with Crippen LogP contribution in [0.4, 0.5) is 15.8 Å². The maximum atomic E-state index is 13.7. The van der Waals surface area contributed by atoms with Crippen molar-refractivity contribution >= 4 is 21.4 Å². The summed E-state index contributed by atoms with van der Waals surface area (Å²) in [4.78, 5) is 3.19. The Morgan fingerprint density at radius 3 is 2.74 bits per heavy atom. The standard InChI is InChI=1S/C17H13FN2O2S/c1-11-6-12-8-13(18)9-17(16(12)7-11)20-23(21,22)15-5-3-4-14(10-15)19-2/h3-5,8-10,20H,1,6-7H2. The van der Waals surface area contributed by atoms with Crippen LogP contribution in [0.1, 0.15) is 11.1 Å². The Labute approximate surface area is 134 Å². The molecular weight excluding hydrogens is 315 g/mol. The summed E-state index contributed by atoms with van der Waals surface area (Å²) in [7, 11) is -3.89. The number of rotatable bonds is 3. The van der Waals surface area contributed by atoms with Gasteiger partial charge >= 0.3 is 0 Å². The Morgan fingerprint density at radius 2 is 2.00 bits per heavy atom. The van der Waals surface area contributed by atoms with Crippen LogP contribution >= 0.6 is 0 Å². The molecule has 0 bridgehead atoms. The van der Waals surface area contributed by atoms with Crippen LogP contribution < -0.4 is 4.72 Å². The maximum Gasteiger partial charge on any atom is 0.260 e. The van der Waals surface area contributed by atoms with Crippen molar-refractivity contribution in [2.45, 2.75) is 17.7 Å². The highest BCUT2D eigenvalue weighted by Crippen LogP contribution is 2.33. The zero-order valence-electron chi connectivity index (χ0n) is 12.1. The molecule has 1 N–H and O–H groups in total. The van der Waals surface area contributed by atoms with Gasteiger partial charge in [0.05, 0.1) is 17.2 Å². The number of nitrogens with zero attached hydrogens (tertiary/aromatic N) is 1. The van der Waals surface area contributed by atoms with Crippen molar-refractivity contribution < 1.29 is 12.8 Å². The second-order valence-corrected chi connectivity index (χ2v) is 7.09. The molecule has 0 amide bonds. The van der Waals surface area contributed by atoms with Gasteiger partial charge in [0.1, 0.15) is 5.82 Å². The van der Waals surface area contributed by atoms with E-state index in [4.69, 9.17) is 6.57 Å². The molecule has 0 spiro atoms. The van der Waals surface area contributed by atoms with E-state index in [0.717, 1.165) is 16.7 Å². The summed E-state index contributed by atoms with van der Waals surface area (Å²) >= 11 is 0. The quantitative estimate of drug-likeness (QED) is 0.687. The van der Waals surface area contributed by atoms with Gasteiger partial charge in [-0.1, -0.05) is 24.3 Å². The van der Waals surface area contributed by atoms with Crippen LogP contribution in [-0.4, -0.2) is 8.42 Å². The molecule has 2 aromatic carbocycles. The molecule has 3 rings (SSSR count). The van der Waals surface area contributed by atoms with E-state index in [2.05, 4.69) is 16.1 Å². The molecule has 4 nitrogen and oxygen atoms in total. The van der Waals surface area contributed by atoms with E-state index in [1.54, 1.807) is 0 Å². The lowest BCUT2D eigenvalue weighted by atomic mass is 10.1. The van der Waals surface area contributed by atoms with Crippen LogP contribution in [0.15, 0.2) is 53.4 Å². The third-order valence-corrected chi connectivity index (χ3v) is 5.04. The van der Waals surface area contributed by atoms with Crippen molar-refractivity contribution in [1.29, 1.82) is 0 Å². The number of halogens is 1. The van der Waals surface area contributed by atoms with Crippen molar-refractivity contribution in [2.24, 2.45) is 0 Å². The van der Waals surface area contributed by atoms with E-state index in [-0.39, 0.29) is 16.3 Å². The molecule has 2 aromatic rings. The van der Waals surface area contributed by atoms with Crippen molar-refractivity contribution in [1.82, 2.24) is 0 Å². The Morgan fingerprint density at radius 1 is 1.22 bits per heavy atom. The number of nitrogens with one attached hydrogen (secondary N) is 1. The Balaban J connectivity index is 2.02. The lowest BCUT2D eigenvalue weighted by Crippen LogP contribution is -2.14. The Kier molecular flexibility index (Phi) is 3.66. The van der Waals surface area contributed by atoms with Crippen molar-refractivity contribution in [2.75, 3.05) is 4.72 Å². The number of allylic oxidation sites excluding steroid dienone is 1. The highest BCUT2D eigenvalue weighted by atomic mass is 32.2. The second-order valence-electron chi connectivity index (χ2n) is 5.41. The van der Waals surface area contributed by atoms with E-state index in [1.165, 1.54) is 36.4 Å². The lowest BCUT2D eigenvalue weighted by Gasteiger charge is -2.12. The molecule has 1 aliphatic carbocycles. The van der Waals surface area contributed by atoms with Crippen LogP contribution in [0.25, 0.3) is 4.85 Å². The molecule has 0 heterocycles. The number of benzene rings is 2. The SMILES string of the molecule is [C-]#[N+]c1cccc(S(=O)(=O)Nc2cc(F)cc3c2CC(=C)C3)c1. The van der Waals surface area contributed by atoms with Gasteiger partial charge in [-0.2, -0.15) is 0 Å². The molecule has 6 heteroatoms. The average Bonchev–Trinajstić information content (AvgIpc) is 2.87. The van der Waals surface area contributed by atoms with Gasteiger partial charge in [0.15, 0.2) is 5.69 Å². The highest BCUT2D eigenvalue weighted by molar-refractivity contribution is 7.92. The highest BCUT2D eigenvalue weighted by Gasteiger charge is 2.23. The van der Waals surface area contributed by atoms with Gasteiger partial charge in [0.2, 0.25) is 0 Å². The smallest absolute Gasteiger partial charge is 0.260 e. The predicted molar refractivity (Wildman–Crippen MR) is 86.5 cm³/mol. The summed E-state index contributed by atoms with van der Waals surface area (Å²) in [5.74, 6) is -0.494. The van der Waals surface area contributed by atoms with Crippen LogP contribution in [0.3, 0.4) is 0 Å². The molecule has 0 fully saturated rings. The van der Waals surface area contributed by atoms with Gasteiger partial charge in [-0.25, -0.2) is 17.7 Å². The summed E-state index contributed by atoms with van der Waals surface area (Å²) in [6.07, 6.45) is 1.07. The summed E-state index contributed by atoms with van der Waals surface area (Å²) in [6, 6.07) is 8.29. The summed E-state index contributed by atoms with van der Waals surface area (Å²) in [5.41, 5.74) is 2.88. The summed E-state index contributed by atoms with van der Waals surface area (Å²) in [5, 5.41) is 0. The van der Waals surface area contributed by atoms with Gasteiger partial charge < -0.3 is 0 Å². The Hall–Kier alpha value is -2.65. The minimum atomic E-state index is -3.89. The van der Waals surface area contributed by atoms with Crippen LogP contribution in [0.2, 0.25) is 0 Å². The van der Waals surface area contributed by atoms with Crippen molar-refractivity contribution in [3.05, 3.63) is 76.9 Å². The maximum absolute atomic E-state index is 13.7. The fraction of sp³-hybridized carbons (Fsp3) is 0.118. The molecule has 0 atom stereocenters. The first-order chi connectivity index (χ1) is 10.9. The fourth-order valence-electron chi connectivity index (χ4n) is 2.66. The minimum absolute atomic E-state index is 0.0270. The van der Waals surface area contributed by atoms with E-state index in [9.17, 15) is 12.8 Å². The van der Waals surface area contributed by atoms with E-state index >= 15 is 0 Å². The molecule has 0 radical (unpaired) electrons. The number of fused-ring (bicyclic) bond motifs is 1. The lowest BCUT2D eigenvalue weighted by molar-refractivity contribution is 0.601. The normalized spacial score (nSPS) is 13.5. The van der Waals surface area contributed by atoms with Gasteiger partial charge in [-0.3, -0.25) is 4.72 Å². The largest absolute Gasteiger partial charge is 0.279 e. The fourth-order valence-corrected chi connectivity index (χ4v) is 3.78. The minimum Gasteiger partial charge on any atom is -0.279 e. The first kappa shape index (κ1) is 15.3. The first-order valence-electron chi connectivity index (χ1n) is 6.87. The number of anilines is 1.